The lowest BCUT2D eigenvalue weighted by molar-refractivity contribution is -0.299. The number of carbonyl (C=O) groups is 4. The third-order valence-corrected chi connectivity index (χ3v) is 11.5. The van der Waals surface area contributed by atoms with Crippen molar-refractivity contribution in [3.8, 4) is 0 Å². The standard InChI is InChI=1S/C29H38O13/c1-12-13-9-14-28-11-40-29(25(37)39-3,23(35)18(33)20(28)26(13,2)22(34)17(32)16(12)31)21(28)19(24(36)41-14)42-15(30)10-27(38)7-5-4-6-8-27/h13-14,18-23,31,33-35,38H,4-11H2,1-3H3/t13-,14+,18+,19?,20+,21+,22+,23-,26-,28+,29?/m0/s1. The number of ketones is 1. The van der Waals surface area contributed by atoms with E-state index in [4.69, 9.17) is 18.9 Å². The fourth-order valence-corrected chi connectivity index (χ4v) is 9.68. The summed E-state index contributed by atoms with van der Waals surface area (Å²) in [5.74, 6) is -8.03. The molecule has 3 saturated carbocycles. The first-order valence-electron chi connectivity index (χ1n) is 14.5. The van der Waals surface area contributed by atoms with Crippen molar-refractivity contribution >= 4 is 23.7 Å². The van der Waals surface area contributed by atoms with Crippen LogP contribution in [0.25, 0.3) is 0 Å². The van der Waals surface area contributed by atoms with E-state index in [1.807, 2.05) is 0 Å². The molecule has 5 fully saturated rings. The Morgan fingerprint density at radius 1 is 1.07 bits per heavy atom. The number of carbonyl (C=O) groups excluding carboxylic acids is 4. The molecule has 232 valence electrons. The summed E-state index contributed by atoms with van der Waals surface area (Å²) in [7, 11) is 1.05. The smallest absolute Gasteiger partial charge is 0.348 e. The van der Waals surface area contributed by atoms with Crippen molar-refractivity contribution in [3.63, 3.8) is 0 Å². The number of hydrogen-bond donors (Lipinski definition) is 5. The maximum Gasteiger partial charge on any atom is 0.348 e. The highest BCUT2D eigenvalue weighted by atomic mass is 16.6. The van der Waals surface area contributed by atoms with Crippen molar-refractivity contribution in [1.29, 1.82) is 0 Å². The van der Waals surface area contributed by atoms with Crippen LogP contribution in [-0.2, 0) is 38.1 Å². The minimum absolute atomic E-state index is 0.0146. The van der Waals surface area contributed by atoms with Gasteiger partial charge in [-0.1, -0.05) is 26.2 Å². The van der Waals surface area contributed by atoms with Gasteiger partial charge < -0.3 is 44.5 Å². The van der Waals surface area contributed by atoms with Crippen LogP contribution in [0.1, 0.15) is 58.8 Å². The van der Waals surface area contributed by atoms with E-state index in [0.29, 0.717) is 12.8 Å². The normalized spacial score (nSPS) is 47.2. The number of aliphatic hydroxyl groups excluding tert-OH is 4. The van der Waals surface area contributed by atoms with E-state index in [1.54, 1.807) is 6.92 Å². The predicted molar refractivity (Wildman–Crippen MR) is 137 cm³/mol. The molecule has 13 heteroatoms. The van der Waals surface area contributed by atoms with Gasteiger partial charge in [-0.2, -0.15) is 0 Å². The average Bonchev–Trinajstić information content (AvgIpc) is 3.26. The molecule has 13 nitrogen and oxygen atoms in total. The van der Waals surface area contributed by atoms with Gasteiger partial charge in [-0.3, -0.25) is 9.59 Å². The summed E-state index contributed by atoms with van der Waals surface area (Å²) in [5, 5.41) is 56.2. The number of aliphatic hydroxyl groups is 5. The predicted octanol–water partition coefficient (Wildman–Crippen LogP) is -0.393. The molecule has 0 aromatic rings. The zero-order chi connectivity index (χ0) is 30.6. The average molecular weight is 595 g/mol. The fraction of sp³-hybridized carbons (Fsp3) is 0.793. The Morgan fingerprint density at radius 2 is 1.74 bits per heavy atom. The SMILES string of the molecule is COC(=O)C12OC[C@]34[C@H]([C@@H](O)[C@@H]1O)[C@@]1(C)[C@H](O)C(=O)C(O)=C(C)[C@@H]1C[C@H]3OC(=O)C(OC(=O)CC1(O)CCCCC1)[C@@H]24. The van der Waals surface area contributed by atoms with Crippen LogP contribution >= 0.6 is 0 Å². The Kier molecular flexibility index (Phi) is 6.64. The molecular formula is C29H38O13. The Bertz CT molecular complexity index is 1250. The molecule has 0 amide bonds. The maximum absolute atomic E-state index is 13.6. The van der Waals surface area contributed by atoms with Crippen LogP contribution in [0.2, 0.25) is 0 Å². The van der Waals surface area contributed by atoms with Gasteiger partial charge in [0.25, 0.3) is 0 Å². The van der Waals surface area contributed by atoms with Crippen LogP contribution in [0.5, 0.6) is 0 Å². The summed E-state index contributed by atoms with van der Waals surface area (Å²) in [6, 6.07) is 0. The lowest BCUT2D eigenvalue weighted by Gasteiger charge is -2.67. The quantitative estimate of drug-likeness (QED) is 0.208. The van der Waals surface area contributed by atoms with Crippen LogP contribution < -0.4 is 0 Å². The molecule has 2 bridgehead atoms. The van der Waals surface area contributed by atoms with E-state index < -0.39 is 106 Å². The van der Waals surface area contributed by atoms with Crippen LogP contribution in [0, 0.1) is 28.6 Å². The molecule has 2 aliphatic heterocycles. The Labute approximate surface area is 241 Å². The molecule has 6 rings (SSSR count). The van der Waals surface area contributed by atoms with Gasteiger partial charge in [-0.25, -0.2) is 9.59 Å². The first-order chi connectivity index (χ1) is 19.7. The summed E-state index contributed by atoms with van der Waals surface area (Å²) < 4.78 is 22.7. The van der Waals surface area contributed by atoms with Gasteiger partial charge >= 0.3 is 17.9 Å². The number of methoxy groups -OCH3 is 1. The summed E-state index contributed by atoms with van der Waals surface area (Å²) >= 11 is 0. The van der Waals surface area contributed by atoms with E-state index in [-0.39, 0.29) is 18.6 Å². The van der Waals surface area contributed by atoms with Gasteiger partial charge in [0.15, 0.2) is 5.76 Å². The van der Waals surface area contributed by atoms with E-state index >= 15 is 0 Å². The summed E-state index contributed by atoms with van der Waals surface area (Å²) in [6.07, 6.45) is -5.82. The molecule has 0 radical (unpaired) electrons. The summed E-state index contributed by atoms with van der Waals surface area (Å²) in [5.41, 5.74) is -6.48. The molecule has 4 aliphatic carbocycles. The number of hydrogen-bond acceptors (Lipinski definition) is 13. The summed E-state index contributed by atoms with van der Waals surface area (Å²) in [6.45, 7) is 2.70. The number of ether oxygens (including phenoxy) is 4. The third-order valence-electron chi connectivity index (χ3n) is 11.5. The van der Waals surface area contributed by atoms with E-state index in [2.05, 4.69) is 0 Å². The molecule has 0 aromatic carbocycles. The van der Waals surface area contributed by atoms with Crippen molar-refractivity contribution in [2.24, 2.45) is 28.6 Å². The number of esters is 3. The van der Waals surface area contributed by atoms with Crippen LogP contribution in [0.15, 0.2) is 11.3 Å². The van der Waals surface area contributed by atoms with Crippen molar-refractivity contribution in [2.75, 3.05) is 13.7 Å². The van der Waals surface area contributed by atoms with Crippen LogP contribution in [0.4, 0.5) is 0 Å². The van der Waals surface area contributed by atoms with Gasteiger partial charge in [0.2, 0.25) is 17.5 Å². The second kappa shape index (κ2) is 9.46. The van der Waals surface area contributed by atoms with E-state index in [1.165, 1.54) is 6.92 Å². The van der Waals surface area contributed by atoms with Crippen molar-refractivity contribution in [1.82, 2.24) is 0 Å². The van der Waals surface area contributed by atoms with Gasteiger partial charge in [0.1, 0.15) is 18.3 Å². The molecule has 2 unspecified atom stereocenters. The molecule has 42 heavy (non-hydrogen) atoms. The Hall–Kier alpha value is -2.58. The molecule has 11 atom stereocenters. The fourth-order valence-electron chi connectivity index (χ4n) is 9.68. The maximum atomic E-state index is 13.6. The molecule has 1 spiro atoms. The Morgan fingerprint density at radius 3 is 2.38 bits per heavy atom. The van der Waals surface area contributed by atoms with Crippen molar-refractivity contribution in [2.45, 2.75) is 101 Å². The molecule has 6 aliphatic rings. The summed E-state index contributed by atoms with van der Waals surface area (Å²) in [4.78, 5) is 53.4. The first kappa shape index (κ1) is 29.5. The van der Waals surface area contributed by atoms with Gasteiger partial charge in [0.05, 0.1) is 37.8 Å². The number of allylic oxidation sites excluding steroid dienone is 1. The van der Waals surface area contributed by atoms with Gasteiger partial charge in [-0.05, 0) is 37.7 Å². The number of fused-ring (bicyclic) bond motifs is 2. The molecule has 5 N–H and O–H groups in total. The molecule has 2 saturated heterocycles. The highest BCUT2D eigenvalue weighted by Crippen LogP contribution is 2.72. The first-order valence-corrected chi connectivity index (χ1v) is 14.5. The lowest BCUT2D eigenvalue weighted by Crippen LogP contribution is -2.80. The highest BCUT2D eigenvalue weighted by molar-refractivity contribution is 5.99. The minimum atomic E-state index is -2.35. The van der Waals surface area contributed by atoms with Crippen LogP contribution in [-0.4, -0.2) is 105 Å². The minimum Gasteiger partial charge on any atom is -0.504 e. The Balaban J connectivity index is 1.49. The number of rotatable bonds is 4. The molecule has 0 aromatic heterocycles. The third kappa shape index (κ3) is 3.48. The van der Waals surface area contributed by atoms with Gasteiger partial charge in [0, 0.05) is 16.7 Å². The largest absolute Gasteiger partial charge is 0.504 e. The lowest BCUT2D eigenvalue weighted by atomic mass is 9.37. The monoisotopic (exact) mass is 594 g/mol. The zero-order valence-electron chi connectivity index (χ0n) is 23.8. The molecular weight excluding hydrogens is 556 g/mol. The highest BCUT2D eigenvalue weighted by Gasteiger charge is 2.86. The van der Waals surface area contributed by atoms with Crippen molar-refractivity contribution < 1.29 is 63.7 Å². The number of Topliss-reactive ketones (excluding diaryl/α,β-unsaturated/α-hetero) is 1. The van der Waals surface area contributed by atoms with E-state index in [9.17, 15) is 44.7 Å². The van der Waals surface area contributed by atoms with Crippen molar-refractivity contribution in [3.05, 3.63) is 11.3 Å². The second-order valence-corrected chi connectivity index (χ2v) is 13.3. The van der Waals surface area contributed by atoms with E-state index in [0.717, 1.165) is 26.4 Å². The van der Waals surface area contributed by atoms with Gasteiger partial charge in [-0.15, -0.1) is 0 Å². The van der Waals surface area contributed by atoms with Crippen LogP contribution in [0.3, 0.4) is 0 Å². The molecule has 2 heterocycles. The zero-order valence-corrected chi connectivity index (χ0v) is 23.8. The topological polar surface area (TPSA) is 206 Å². The second-order valence-electron chi connectivity index (χ2n) is 13.3.